The van der Waals surface area contributed by atoms with E-state index < -0.39 is 5.41 Å². The van der Waals surface area contributed by atoms with Crippen LogP contribution in [0.25, 0.3) is 11.1 Å². The monoisotopic (exact) mass is 519 g/mol. The van der Waals surface area contributed by atoms with Crippen molar-refractivity contribution < 1.29 is 14.6 Å². The lowest BCUT2D eigenvalue weighted by molar-refractivity contribution is -0.118. The first kappa shape index (κ1) is 25.1. The van der Waals surface area contributed by atoms with Gasteiger partial charge in [-0.05, 0) is 58.5 Å². The summed E-state index contributed by atoms with van der Waals surface area (Å²) in [6.45, 7) is 9.47. The molecule has 2 aliphatic heterocycles. The molecule has 0 aliphatic carbocycles. The van der Waals surface area contributed by atoms with E-state index in [1.54, 1.807) is 6.07 Å². The van der Waals surface area contributed by atoms with Crippen LogP contribution < -0.4 is 10.2 Å². The van der Waals surface area contributed by atoms with E-state index >= 15 is 0 Å². The SMILES string of the molecule is CC(C)(C)c1ccc(O)c(C2(c3ccccc3)C(=O)Nc3ccc(-c4ccc(N5CCOCC5)nc4)cc32)c1. The number of fused-ring (bicyclic) bond motifs is 1. The summed E-state index contributed by atoms with van der Waals surface area (Å²) >= 11 is 0. The van der Waals surface area contributed by atoms with Crippen molar-refractivity contribution in [3.63, 3.8) is 0 Å². The number of benzene rings is 3. The van der Waals surface area contributed by atoms with Crippen molar-refractivity contribution in [2.75, 3.05) is 36.5 Å². The van der Waals surface area contributed by atoms with E-state index in [9.17, 15) is 9.90 Å². The Morgan fingerprint density at radius 3 is 2.33 bits per heavy atom. The fourth-order valence-corrected chi connectivity index (χ4v) is 5.72. The standard InChI is InChI=1S/C33H33N3O3/c1-32(2,3)25-11-13-29(37)27(20-25)33(24-7-5-4-6-8-24)26-19-22(9-12-28(26)35-31(33)38)23-10-14-30(34-21-23)36-15-17-39-18-16-36/h4-14,19-21,37H,15-18H2,1-3H3,(H,35,38). The molecule has 0 saturated carbocycles. The molecule has 1 aromatic heterocycles. The molecule has 1 amide bonds. The molecule has 1 unspecified atom stereocenters. The Morgan fingerprint density at radius 1 is 0.897 bits per heavy atom. The van der Waals surface area contributed by atoms with Crippen molar-refractivity contribution in [1.82, 2.24) is 4.98 Å². The van der Waals surface area contributed by atoms with Crippen LogP contribution in [0.1, 0.15) is 43.0 Å². The van der Waals surface area contributed by atoms with Crippen molar-refractivity contribution >= 4 is 17.4 Å². The van der Waals surface area contributed by atoms with Crippen molar-refractivity contribution in [3.8, 4) is 16.9 Å². The molecule has 1 atom stereocenters. The summed E-state index contributed by atoms with van der Waals surface area (Å²) in [5.74, 6) is 0.849. The Bertz CT molecular complexity index is 1520. The molecule has 1 fully saturated rings. The van der Waals surface area contributed by atoms with Gasteiger partial charge in [-0.25, -0.2) is 4.98 Å². The molecule has 2 N–H and O–H groups in total. The molecule has 198 valence electrons. The van der Waals surface area contributed by atoms with Gasteiger partial charge in [-0.3, -0.25) is 4.79 Å². The molecule has 0 radical (unpaired) electrons. The number of aromatic nitrogens is 1. The van der Waals surface area contributed by atoms with Gasteiger partial charge >= 0.3 is 0 Å². The molecular formula is C33H33N3O3. The van der Waals surface area contributed by atoms with Crippen LogP contribution in [0.3, 0.4) is 0 Å². The number of phenols is 1. The highest BCUT2D eigenvalue weighted by atomic mass is 16.5. The Morgan fingerprint density at radius 2 is 1.64 bits per heavy atom. The lowest BCUT2D eigenvalue weighted by Gasteiger charge is -2.31. The third-order valence-corrected chi connectivity index (χ3v) is 7.90. The Labute approximate surface area is 229 Å². The quantitative estimate of drug-likeness (QED) is 0.353. The molecule has 6 heteroatoms. The van der Waals surface area contributed by atoms with E-state index in [0.29, 0.717) is 18.8 Å². The Hall–Kier alpha value is -4.16. The highest BCUT2D eigenvalue weighted by Gasteiger charge is 2.51. The van der Waals surface area contributed by atoms with Crippen molar-refractivity contribution in [2.24, 2.45) is 0 Å². The van der Waals surface area contributed by atoms with Crippen molar-refractivity contribution in [3.05, 3.63) is 107 Å². The predicted molar refractivity (Wildman–Crippen MR) is 154 cm³/mol. The molecule has 39 heavy (non-hydrogen) atoms. The van der Waals surface area contributed by atoms with Crippen LogP contribution in [0.2, 0.25) is 0 Å². The first-order valence-electron chi connectivity index (χ1n) is 13.4. The molecule has 6 nitrogen and oxygen atoms in total. The number of phenolic OH excluding ortho intramolecular Hbond substituents is 1. The number of aromatic hydroxyl groups is 1. The number of amides is 1. The fraction of sp³-hybridized carbons (Fsp3) is 0.273. The van der Waals surface area contributed by atoms with Crippen molar-refractivity contribution in [1.29, 1.82) is 0 Å². The summed E-state index contributed by atoms with van der Waals surface area (Å²) in [6, 6.07) is 25.5. The normalized spacial score (nSPS) is 19.1. The van der Waals surface area contributed by atoms with E-state index in [-0.39, 0.29) is 17.1 Å². The molecule has 6 rings (SSSR count). The van der Waals surface area contributed by atoms with E-state index in [2.05, 4.69) is 43.1 Å². The molecule has 1 saturated heterocycles. The number of hydrogen-bond acceptors (Lipinski definition) is 5. The largest absolute Gasteiger partial charge is 0.508 e. The maximum Gasteiger partial charge on any atom is 0.244 e. The van der Waals surface area contributed by atoms with Crippen LogP contribution in [0.4, 0.5) is 11.5 Å². The lowest BCUT2D eigenvalue weighted by atomic mass is 9.68. The van der Waals surface area contributed by atoms with Gasteiger partial charge in [0.2, 0.25) is 5.91 Å². The molecule has 0 bridgehead atoms. The van der Waals surface area contributed by atoms with Crippen molar-refractivity contribution in [2.45, 2.75) is 31.6 Å². The third kappa shape index (κ3) is 4.25. The number of nitrogens with zero attached hydrogens (tertiary/aromatic N) is 2. The number of carbonyl (C=O) groups excluding carboxylic acids is 1. The van der Waals surface area contributed by atoms with Gasteiger partial charge in [-0.2, -0.15) is 0 Å². The van der Waals surface area contributed by atoms with Gasteiger partial charge in [0.25, 0.3) is 0 Å². The van der Waals surface area contributed by atoms with E-state index in [0.717, 1.165) is 52.4 Å². The lowest BCUT2D eigenvalue weighted by Crippen LogP contribution is -2.37. The van der Waals surface area contributed by atoms with Gasteiger partial charge in [0.05, 0.1) is 13.2 Å². The molecule has 3 aromatic carbocycles. The highest BCUT2D eigenvalue weighted by Crippen LogP contribution is 2.51. The highest BCUT2D eigenvalue weighted by molar-refractivity contribution is 6.12. The van der Waals surface area contributed by atoms with Gasteiger partial charge < -0.3 is 20.1 Å². The average Bonchev–Trinajstić information content (AvgIpc) is 3.25. The molecule has 3 heterocycles. The van der Waals surface area contributed by atoms with Gasteiger partial charge in [0, 0.05) is 41.7 Å². The molecule has 2 aliphatic rings. The minimum Gasteiger partial charge on any atom is -0.508 e. The van der Waals surface area contributed by atoms with Gasteiger partial charge in [-0.1, -0.05) is 63.2 Å². The van der Waals surface area contributed by atoms with Gasteiger partial charge in [0.15, 0.2) is 0 Å². The van der Waals surface area contributed by atoms with Crippen LogP contribution in [-0.2, 0) is 20.4 Å². The zero-order chi connectivity index (χ0) is 27.2. The second kappa shape index (κ2) is 9.54. The minimum absolute atomic E-state index is 0.0942. The van der Waals surface area contributed by atoms with E-state index in [1.165, 1.54) is 0 Å². The van der Waals surface area contributed by atoms with Crippen LogP contribution >= 0.6 is 0 Å². The number of hydrogen-bond donors (Lipinski definition) is 2. The number of carbonyl (C=O) groups is 1. The number of nitrogens with one attached hydrogen (secondary N) is 1. The topological polar surface area (TPSA) is 74.7 Å². The average molecular weight is 520 g/mol. The van der Waals surface area contributed by atoms with Crippen LogP contribution in [0.5, 0.6) is 5.75 Å². The van der Waals surface area contributed by atoms with Gasteiger partial charge in [0.1, 0.15) is 17.0 Å². The second-order valence-electron chi connectivity index (χ2n) is 11.3. The van der Waals surface area contributed by atoms with E-state index in [1.807, 2.05) is 66.9 Å². The smallest absolute Gasteiger partial charge is 0.244 e. The maximum absolute atomic E-state index is 14.1. The fourth-order valence-electron chi connectivity index (χ4n) is 5.72. The van der Waals surface area contributed by atoms with Crippen LogP contribution in [-0.4, -0.2) is 42.3 Å². The summed E-state index contributed by atoms with van der Waals surface area (Å²) in [7, 11) is 0. The molecule has 4 aromatic rings. The van der Waals surface area contributed by atoms with Crippen LogP contribution in [0.15, 0.2) is 85.1 Å². The number of anilines is 2. The molecule has 0 spiro atoms. The zero-order valence-corrected chi connectivity index (χ0v) is 22.6. The number of ether oxygens (including phenoxy) is 1. The summed E-state index contributed by atoms with van der Waals surface area (Å²) in [4.78, 5) is 21.1. The van der Waals surface area contributed by atoms with Gasteiger partial charge in [-0.15, -0.1) is 0 Å². The number of morpholine rings is 1. The number of rotatable bonds is 4. The second-order valence-corrected chi connectivity index (χ2v) is 11.3. The summed E-state index contributed by atoms with van der Waals surface area (Å²) in [5, 5.41) is 14.4. The Balaban J connectivity index is 1.52. The summed E-state index contributed by atoms with van der Waals surface area (Å²) < 4.78 is 5.47. The summed E-state index contributed by atoms with van der Waals surface area (Å²) in [6.07, 6.45) is 1.89. The molecular weight excluding hydrogens is 486 g/mol. The Kier molecular flexibility index (Phi) is 6.15. The van der Waals surface area contributed by atoms with E-state index in [4.69, 9.17) is 9.72 Å². The summed E-state index contributed by atoms with van der Waals surface area (Å²) in [5.41, 5.74) is 4.54. The first-order valence-corrected chi connectivity index (χ1v) is 13.4. The van der Waals surface area contributed by atoms with Crippen LogP contribution in [0, 0.1) is 0 Å². The zero-order valence-electron chi connectivity index (χ0n) is 22.6. The minimum atomic E-state index is -1.21. The predicted octanol–water partition coefficient (Wildman–Crippen LogP) is 5.87. The maximum atomic E-state index is 14.1. The first-order chi connectivity index (χ1) is 18.8. The third-order valence-electron chi connectivity index (χ3n) is 7.90. The number of pyridine rings is 1.